The minimum Gasteiger partial charge on any atom is -0.465 e. The van der Waals surface area contributed by atoms with Gasteiger partial charge in [-0.15, -0.1) is 0 Å². The Morgan fingerprint density at radius 1 is 1.30 bits per heavy atom. The number of ketones is 1. The van der Waals surface area contributed by atoms with Gasteiger partial charge < -0.3 is 15.1 Å². The molecule has 2 N–H and O–H groups in total. The molecule has 0 spiro atoms. The average molecular weight is 374 g/mol. The van der Waals surface area contributed by atoms with Crippen molar-refractivity contribution in [3.05, 3.63) is 34.0 Å². The van der Waals surface area contributed by atoms with Crippen LogP contribution in [0.3, 0.4) is 0 Å². The number of aryl methyl sites for hydroxylation is 2. The predicted octanol–water partition coefficient (Wildman–Crippen LogP) is 0.871. The summed E-state index contributed by atoms with van der Waals surface area (Å²) in [4.78, 5) is 46.0. The highest BCUT2D eigenvalue weighted by molar-refractivity contribution is 5.81. The zero-order valence-corrected chi connectivity index (χ0v) is 15.3. The van der Waals surface area contributed by atoms with E-state index < -0.39 is 23.8 Å². The molecule has 0 aliphatic carbocycles. The summed E-state index contributed by atoms with van der Waals surface area (Å²) in [6, 6.07) is 1.03. The number of fused-ring (bicyclic) bond motifs is 1. The minimum absolute atomic E-state index is 0.155. The van der Waals surface area contributed by atoms with Crippen LogP contribution in [0.1, 0.15) is 30.5 Å². The van der Waals surface area contributed by atoms with E-state index in [1.165, 1.54) is 10.9 Å². The van der Waals surface area contributed by atoms with Gasteiger partial charge in [0.05, 0.1) is 30.5 Å². The molecule has 1 amide bonds. The summed E-state index contributed by atoms with van der Waals surface area (Å²) in [5, 5.41) is 19.4. The number of aliphatic hydroxyl groups is 1. The summed E-state index contributed by atoms with van der Waals surface area (Å²) < 4.78 is 1.18. The molecule has 0 bridgehead atoms. The van der Waals surface area contributed by atoms with E-state index in [4.69, 9.17) is 0 Å². The molecule has 144 valence electrons. The first-order chi connectivity index (χ1) is 12.8. The summed E-state index contributed by atoms with van der Waals surface area (Å²) in [6.07, 6.45) is 0.0958. The molecule has 1 aliphatic heterocycles. The highest BCUT2D eigenvalue weighted by Gasteiger charge is 2.34. The molecule has 0 radical (unpaired) electrons. The van der Waals surface area contributed by atoms with Gasteiger partial charge >= 0.3 is 6.09 Å². The molecular weight excluding hydrogens is 352 g/mol. The molecule has 2 aromatic heterocycles. The molecule has 3 rings (SSSR count). The quantitative estimate of drug-likeness (QED) is 0.813. The highest BCUT2D eigenvalue weighted by Crippen LogP contribution is 2.21. The van der Waals surface area contributed by atoms with Crippen molar-refractivity contribution in [1.82, 2.24) is 19.4 Å². The van der Waals surface area contributed by atoms with Crippen molar-refractivity contribution in [3.63, 3.8) is 0 Å². The summed E-state index contributed by atoms with van der Waals surface area (Å²) in [6.45, 7) is 3.65. The second kappa shape index (κ2) is 7.43. The fourth-order valence-electron chi connectivity index (χ4n) is 3.58. The third-order valence-corrected chi connectivity index (χ3v) is 4.87. The number of aliphatic hydroxyl groups excluding tert-OH is 1. The maximum absolute atomic E-state index is 12.7. The molecule has 1 fully saturated rings. The molecular formula is C18H22N4O5. The lowest BCUT2D eigenvalue weighted by atomic mass is 9.95. The third-order valence-electron chi connectivity index (χ3n) is 4.87. The fourth-order valence-corrected chi connectivity index (χ4v) is 3.58. The second-order valence-corrected chi connectivity index (χ2v) is 6.95. The topological polar surface area (TPSA) is 126 Å². The Balaban J connectivity index is 1.82. The van der Waals surface area contributed by atoms with E-state index in [2.05, 4.69) is 9.97 Å². The van der Waals surface area contributed by atoms with Gasteiger partial charge in [-0.3, -0.25) is 14.2 Å². The lowest BCUT2D eigenvalue weighted by molar-refractivity contribution is -0.122. The van der Waals surface area contributed by atoms with Crippen LogP contribution in [-0.2, 0) is 11.3 Å². The monoisotopic (exact) mass is 374 g/mol. The number of hydrogen-bond donors (Lipinski definition) is 2. The predicted molar refractivity (Wildman–Crippen MR) is 96.7 cm³/mol. The summed E-state index contributed by atoms with van der Waals surface area (Å²) in [5.41, 5.74) is 1.79. The Morgan fingerprint density at radius 2 is 2.04 bits per heavy atom. The number of carbonyl (C=O) groups is 2. The molecule has 0 saturated carbocycles. The van der Waals surface area contributed by atoms with Gasteiger partial charge in [0, 0.05) is 18.7 Å². The van der Waals surface area contributed by atoms with Crippen LogP contribution in [0.4, 0.5) is 4.79 Å². The normalized spacial score (nSPS) is 20.0. The van der Waals surface area contributed by atoms with Gasteiger partial charge in [0.15, 0.2) is 11.3 Å². The molecule has 1 aliphatic rings. The van der Waals surface area contributed by atoms with Gasteiger partial charge in [-0.05, 0) is 38.3 Å². The molecule has 2 atom stereocenters. The number of hydrogen-bond acceptors (Lipinski definition) is 6. The van der Waals surface area contributed by atoms with Crippen LogP contribution >= 0.6 is 0 Å². The Hall–Kier alpha value is -2.81. The zero-order valence-electron chi connectivity index (χ0n) is 15.3. The number of piperidine rings is 1. The molecule has 2 aromatic rings. The van der Waals surface area contributed by atoms with E-state index in [0.29, 0.717) is 24.1 Å². The van der Waals surface area contributed by atoms with Gasteiger partial charge in [0.25, 0.3) is 5.56 Å². The number of rotatable bonds is 4. The van der Waals surface area contributed by atoms with E-state index in [1.54, 1.807) is 6.92 Å². The molecule has 27 heavy (non-hydrogen) atoms. The molecule has 9 heteroatoms. The van der Waals surface area contributed by atoms with Crippen molar-refractivity contribution in [1.29, 1.82) is 0 Å². The van der Waals surface area contributed by atoms with Gasteiger partial charge in [-0.1, -0.05) is 0 Å². The van der Waals surface area contributed by atoms with Gasteiger partial charge in [-0.2, -0.15) is 0 Å². The molecule has 0 unspecified atom stereocenters. The molecule has 0 aromatic carbocycles. The molecule has 1 saturated heterocycles. The summed E-state index contributed by atoms with van der Waals surface area (Å²) in [7, 11) is 0. The lowest BCUT2D eigenvalue weighted by Gasteiger charge is -2.36. The third kappa shape index (κ3) is 3.82. The first-order valence-corrected chi connectivity index (χ1v) is 8.80. The second-order valence-electron chi connectivity index (χ2n) is 6.95. The first-order valence-electron chi connectivity index (χ1n) is 8.80. The minimum atomic E-state index is -1.16. The van der Waals surface area contributed by atoms with Gasteiger partial charge in [-0.25, -0.2) is 14.8 Å². The van der Waals surface area contributed by atoms with Crippen LogP contribution in [0.15, 0.2) is 17.2 Å². The Kier molecular flexibility index (Phi) is 5.22. The smallest absolute Gasteiger partial charge is 0.407 e. The Labute approximate surface area is 155 Å². The maximum atomic E-state index is 12.7. The van der Waals surface area contributed by atoms with Crippen molar-refractivity contribution < 1.29 is 19.8 Å². The van der Waals surface area contributed by atoms with E-state index in [9.17, 15) is 24.6 Å². The number of amides is 1. The number of nitrogens with zero attached hydrogens (tertiary/aromatic N) is 4. The van der Waals surface area contributed by atoms with Crippen LogP contribution in [0.2, 0.25) is 0 Å². The number of aromatic nitrogens is 3. The van der Waals surface area contributed by atoms with Crippen LogP contribution in [0.5, 0.6) is 0 Å². The summed E-state index contributed by atoms with van der Waals surface area (Å²) in [5.74, 6) is -0.347. The number of pyridine rings is 1. The van der Waals surface area contributed by atoms with Crippen molar-refractivity contribution in [2.45, 2.75) is 51.8 Å². The van der Waals surface area contributed by atoms with E-state index in [0.717, 1.165) is 10.5 Å². The number of likely N-dealkylation sites (tertiary alicyclic amines) is 1. The van der Waals surface area contributed by atoms with Gasteiger partial charge in [0.1, 0.15) is 0 Å². The summed E-state index contributed by atoms with van der Waals surface area (Å²) >= 11 is 0. The Bertz CT molecular complexity index is 955. The van der Waals surface area contributed by atoms with Crippen molar-refractivity contribution in [2.24, 2.45) is 0 Å². The van der Waals surface area contributed by atoms with Crippen molar-refractivity contribution >= 4 is 22.9 Å². The van der Waals surface area contributed by atoms with Crippen LogP contribution in [-0.4, -0.2) is 60.2 Å². The van der Waals surface area contributed by atoms with E-state index in [1.807, 2.05) is 13.0 Å². The molecule has 9 nitrogen and oxygen atoms in total. The van der Waals surface area contributed by atoms with Crippen LogP contribution < -0.4 is 5.56 Å². The van der Waals surface area contributed by atoms with Crippen molar-refractivity contribution in [2.75, 3.05) is 6.54 Å². The number of carbonyl (C=O) groups excluding carboxylic acids is 1. The van der Waals surface area contributed by atoms with Crippen molar-refractivity contribution in [3.8, 4) is 0 Å². The van der Waals surface area contributed by atoms with E-state index in [-0.39, 0.29) is 30.8 Å². The lowest BCUT2D eigenvalue weighted by Crippen LogP contribution is -2.51. The zero-order chi connectivity index (χ0) is 19.7. The Morgan fingerprint density at radius 3 is 2.74 bits per heavy atom. The first kappa shape index (κ1) is 19.0. The van der Waals surface area contributed by atoms with Crippen LogP contribution in [0, 0.1) is 13.8 Å². The highest BCUT2D eigenvalue weighted by atomic mass is 16.4. The number of carboxylic acid groups (broad SMARTS) is 1. The van der Waals surface area contributed by atoms with Gasteiger partial charge in [0.2, 0.25) is 0 Å². The average Bonchev–Trinajstić information content (AvgIpc) is 2.59. The fraction of sp³-hybridized carbons (Fsp3) is 0.500. The maximum Gasteiger partial charge on any atom is 0.407 e. The molecule has 3 heterocycles. The standard InChI is InChI=1S/C18H22N4O5/c1-10-6-11(2)20-16-15(10)19-9-21(17(16)25)8-12(23)7-13-14(24)4-3-5-22(13)18(26)27/h6,9,13-14,24H,3-5,7-8H2,1-2H3,(H,26,27)/t13-,14+/m1/s1. The van der Waals surface area contributed by atoms with E-state index >= 15 is 0 Å². The largest absolute Gasteiger partial charge is 0.465 e. The number of Topliss-reactive ketones (excluding diaryl/α,β-unsaturated/α-hetero) is 1. The van der Waals surface area contributed by atoms with Crippen LogP contribution in [0.25, 0.3) is 11.0 Å². The SMILES string of the molecule is Cc1cc(C)c2ncn(CC(=O)C[C@@H]3[C@@H](O)CCCN3C(=O)O)c(=O)c2n1.